The van der Waals surface area contributed by atoms with E-state index in [2.05, 4.69) is 5.32 Å². The number of carbonyl (C=O) groups excluding carboxylic acids is 2. The number of nitrogens with one attached hydrogen (secondary N) is 1. The Balaban J connectivity index is 1.90. The third-order valence-corrected chi connectivity index (χ3v) is 5.34. The Morgan fingerprint density at radius 1 is 1.16 bits per heavy atom. The summed E-state index contributed by atoms with van der Waals surface area (Å²) in [7, 11) is 0. The first-order valence-corrected chi connectivity index (χ1v) is 9.40. The zero-order valence-electron chi connectivity index (χ0n) is 15.2. The van der Waals surface area contributed by atoms with Crippen LogP contribution in [0.5, 0.6) is 0 Å². The second-order valence-corrected chi connectivity index (χ2v) is 8.53. The fourth-order valence-electron chi connectivity index (χ4n) is 3.02. The van der Waals surface area contributed by atoms with E-state index in [4.69, 9.17) is 23.2 Å². The third kappa shape index (κ3) is 5.11. The number of halogens is 2. The van der Waals surface area contributed by atoms with Crippen molar-refractivity contribution in [1.29, 1.82) is 0 Å². The van der Waals surface area contributed by atoms with E-state index in [1.807, 2.05) is 38.7 Å². The van der Waals surface area contributed by atoms with E-state index >= 15 is 0 Å². The number of amides is 2. The first kappa shape index (κ1) is 20.1. The van der Waals surface area contributed by atoms with E-state index in [1.54, 1.807) is 12.1 Å². The summed E-state index contributed by atoms with van der Waals surface area (Å²) in [5.41, 5.74) is 0.542. The van der Waals surface area contributed by atoms with Crippen LogP contribution in [0.2, 0.25) is 10.0 Å². The molecule has 138 valence electrons. The predicted molar refractivity (Wildman–Crippen MR) is 102 cm³/mol. The Morgan fingerprint density at radius 3 is 2.28 bits per heavy atom. The zero-order chi connectivity index (χ0) is 18.8. The molecule has 1 atom stereocenters. The van der Waals surface area contributed by atoms with E-state index in [0.717, 1.165) is 5.56 Å². The van der Waals surface area contributed by atoms with Gasteiger partial charge in [0.15, 0.2) is 0 Å². The molecule has 0 saturated carbocycles. The molecule has 1 aromatic rings. The second-order valence-electron chi connectivity index (χ2n) is 7.72. The smallest absolute Gasteiger partial charge is 0.227 e. The van der Waals surface area contributed by atoms with Gasteiger partial charge in [-0.3, -0.25) is 9.59 Å². The zero-order valence-corrected chi connectivity index (χ0v) is 16.7. The lowest BCUT2D eigenvalue weighted by atomic mass is 9.90. The van der Waals surface area contributed by atoms with Crippen LogP contribution < -0.4 is 5.32 Å². The summed E-state index contributed by atoms with van der Waals surface area (Å²) in [6, 6.07) is 5.23. The van der Waals surface area contributed by atoms with Crippen LogP contribution in [-0.4, -0.2) is 29.8 Å². The Labute approximate surface area is 159 Å². The molecule has 2 rings (SSSR count). The molecule has 1 aromatic carbocycles. The van der Waals surface area contributed by atoms with Crippen LogP contribution in [0, 0.1) is 11.3 Å². The minimum Gasteiger partial charge on any atom is -0.349 e. The number of hydrogen-bond acceptors (Lipinski definition) is 2. The first-order valence-electron chi connectivity index (χ1n) is 8.64. The van der Waals surface area contributed by atoms with Crippen molar-refractivity contribution in [2.24, 2.45) is 11.3 Å². The monoisotopic (exact) mass is 384 g/mol. The van der Waals surface area contributed by atoms with Crippen molar-refractivity contribution in [2.45, 2.75) is 46.6 Å². The van der Waals surface area contributed by atoms with Gasteiger partial charge in [-0.1, -0.05) is 50.0 Å². The van der Waals surface area contributed by atoms with Gasteiger partial charge in [0.2, 0.25) is 11.8 Å². The molecule has 6 heteroatoms. The average molecular weight is 385 g/mol. The number of likely N-dealkylation sites (tertiary alicyclic amines) is 1. The minimum atomic E-state index is -0.378. The van der Waals surface area contributed by atoms with Gasteiger partial charge in [-0.25, -0.2) is 0 Å². The molecule has 0 aromatic heterocycles. The fourth-order valence-corrected chi connectivity index (χ4v) is 3.32. The maximum Gasteiger partial charge on any atom is 0.227 e. The van der Waals surface area contributed by atoms with Crippen molar-refractivity contribution < 1.29 is 9.59 Å². The van der Waals surface area contributed by atoms with Crippen LogP contribution in [0.15, 0.2) is 18.2 Å². The van der Waals surface area contributed by atoms with Crippen LogP contribution in [-0.2, 0) is 9.59 Å². The molecule has 1 unspecified atom stereocenters. The fraction of sp³-hybridized carbons (Fsp3) is 0.579. The maximum absolute atomic E-state index is 12.5. The minimum absolute atomic E-state index is 0.0291. The highest BCUT2D eigenvalue weighted by molar-refractivity contribution is 6.42. The van der Waals surface area contributed by atoms with Crippen LogP contribution in [0.1, 0.15) is 52.1 Å². The number of piperidine rings is 1. The van der Waals surface area contributed by atoms with Gasteiger partial charge >= 0.3 is 0 Å². The van der Waals surface area contributed by atoms with Crippen molar-refractivity contribution >= 4 is 35.0 Å². The van der Waals surface area contributed by atoms with Gasteiger partial charge in [-0.15, -0.1) is 0 Å². The second kappa shape index (κ2) is 7.96. The molecule has 4 nitrogen and oxygen atoms in total. The summed E-state index contributed by atoms with van der Waals surface area (Å²) in [5, 5.41) is 4.02. The SMILES string of the molecule is CC(NC(=O)C1CCN(C(=O)C(C)(C)C)CC1)c1ccc(Cl)c(Cl)c1. The predicted octanol–water partition coefficient (Wildman–Crippen LogP) is 4.46. The Kier molecular flexibility index (Phi) is 6.39. The summed E-state index contributed by atoms with van der Waals surface area (Å²) >= 11 is 12.0. The summed E-state index contributed by atoms with van der Waals surface area (Å²) in [5.74, 6) is 0.117. The van der Waals surface area contributed by atoms with Gasteiger partial charge in [-0.05, 0) is 37.5 Å². The molecule has 1 N–H and O–H groups in total. The van der Waals surface area contributed by atoms with Crippen molar-refractivity contribution in [1.82, 2.24) is 10.2 Å². The molecular weight excluding hydrogens is 359 g/mol. The van der Waals surface area contributed by atoms with E-state index in [0.29, 0.717) is 36.0 Å². The van der Waals surface area contributed by atoms with Gasteiger partial charge in [0, 0.05) is 24.4 Å². The standard InChI is InChI=1S/C19H26Cl2N2O2/c1-12(14-5-6-15(20)16(21)11-14)22-17(24)13-7-9-23(10-8-13)18(25)19(2,3)4/h5-6,11-13H,7-10H2,1-4H3,(H,22,24). The molecular formula is C19H26Cl2N2O2. The molecule has 0 radical (unpaired) electrons. The third-order valence-electron chi connectivity index (χ3n) is 4.60. The van der Waals surface area contributed by atoms with E-state index in [9.17, 15) is 9.59 Å². The molecule has 0 bridgehead atoms. The normalized spacial score (nSPS) is 17.3. The van der Waals surface area contributed by atoms with Gasteiger partial charge in [0.25, 0.3) is 0 Å². The number of benzene rings is 1. The lowest BCUT2D eigenvalue weighted by Crippen LogP contribution is -2.46. The molecule has 0 aliphatic carbocycles. The number of hydrogen-bond donors (Lipinski definition) is 1. The Morgan fingerprint density at radius 2 is 1.76 bits per heavy atom. The topological polar surface area (TPSA) is 49.4 Å². The molecule has 25 heavy (non-hydrogen) atoms. The summed E-state index contributed by atoms with van der Waals surface area (Å²) < 4.78 is 0. The van der Waals surface area contributed by atoms with E-state index in [1.165, 1.54) is 0 Å². The molecule has 1 saturated heterocycles. The highest BCUT2D eigenvalue weighted by Gasteiger charge is 2.32. The Bertz CT molecular complexity index is 647. The molecule has 0 spiro atoms. The Hall–Kier alpha value is -1.26. The molecule has 1 heterocycles. The largest absolute Gasteiger partial charge is 0.349 e. The quantitative estimate of drug-likeness (QED) is 0.836. The molecule has 1 aliphatic heterocycles. The number of nitrogens with zero attached hydrogens (tertiary/aromatic N) is 1. The lowest BCUT2D eigenvalue weighted by molar-refractivity contribution is -0.142. The van der Waals surface area contributed by atoms with Crippen LogP contribution in [0.4, 0.5) is 0 Å². The van der Waals surface area contributed by atoms with Gasteiger partial charge in [0.05, 0.1) is 16.1 Å². The average Bonchev–Trinajstić information content (AvgIpc) is 2.55. The van der Waals surface area contributed by atoms with Crippen molar-refractivity contribution in [2.75, 3.05) is 13.1 Å². The van der Waals surface area contributed by atoms with Crippen LogP contribution in [0.3, 0.4) is 0 Å². The number of rotatable bonds is 3. The van der Waals surface area contributed by atoms with E-state index in [-0.39, 0.29) is 29.2 Å². The maximum atomic E-state index is 12.5. The lowest BCUT2D eigenvalue weighted by Gasteiger charge is -2.35. The van der Waals surface area contributed by atoms with Crippen LogP contribution in [0.25, 0.3) is 0 Å². The van der Waals surface area contributed by atoms with Crippen molar-refractivity contribution in [3.63, 3.8) is 0 Å². The summed E-state index contributed by atoms with van der Waals surface area (Å²) in [6.45, 7) is 8.97. The molecule has 1 aliphatic rings. The van der Waals surface area contributed by atoms with Gasteiger partial charge < -0.3 is 10.2 Å². The van der Waals surface area contributed by atoms with Crippen molar-refractivity contribution in [3.8, 4) is 0 Å². The van der Waals surface area contributed by atoms with Gasteiger partial charge in [-0.2, -0.15) is 0 Å². The van der Waals surface area contributed by atoms with Crippen LogP contribution >= 0.6 is 23.2 Å². The highest BCUT2D eigenvalue weighted by atomic mass is 35.5. The summed E-state index contributed by atoms with van der Waals surface area (Å²) in [4.78, 5) is 26.7. The molecule has 2 amide bonds. The van der Waals surface area contributed by atoms with E-state index < -0.39 is 0 Å². The molecule has 1 fully saturated rings. The van der Waals surface area contributed by atoms with Gasteiger partial charge in [0.1, 0.15) is 0 Å². The highest BCUT2D eigenvalue weighted by Crippen LogP contribution is 2.27. The summed E-state index contributed by atoms with van der Waals surface area (Å²) in [6.07, 6.45) is 1.39. The number of carbonyl (C=O) groups is 2. The first-order chi connectivity index (χ1) is 11.6. The van der Waals surface area contributed by atoms with Crippen molar-refractivity contribution in [3.05, 3.63) is 33.8 Å².